The van der Waals surface area contributed by atoms with Crippen LogP contribution in [0.4, 0.5) is 0 Å². The highest BCUT2D eigenvalue weighted by Crippen LogP contribution is 2.30. The first kappa shape index (κ1) is 22.0. The molecule has 0 spiro atoms. The monoisotopic (exact) mass is 422 g/mol. The zero-order valence-electron chi connectivity index (χ0n) is 17.9. The second-order valence-electron chi connectivity index (χ2n) is 6.47. The number of ether oxygens (including phenoxy) is 4. The molecule has 0 saturated heterocycles. The first-order valence-electron chi connectivity index (χ1n) is 10.1. The van der Waals surface area contributed by atoms with Gasteiger partial charge < -0.3 is 24.3 Å². The van der Waals surface area contributed by atoms with E-state index in [2.05, 4.69) is 10.3 Å². The van der Waals surface area contributed by atoms with E-state index in [9.17, 15) is 4.79 Å². The highest BCUT2D eigenvalue weighted by Gasteiger charge is 2.11. The summed E-state index contributed by atoms with van der Waals surface area (Å²) in [5.74, 6) is 2.61. The summed E-state index contributed by atoms with van der Waals surface area (Å²) in [5, 5.41) is 2.88. The molecule has 0 aliphatic carbocycles. The fraction of sp³-hybridized carbons (Fsp3) is 0.250. The van der Waals surface area contributed by atoms with E-state index < -0.39 is 0 Å². The lowest BCUT2D eigenvalue weighted by Crippen LogP contribution is -2.22. The number of pyridine rings is 1. The smallest absolute Gasteiger partial charge is 0.251 e. The second-order valence-corrected chi connectivity index (χ2v) is 6.47. The van der Waals surface area contributed by atoms with E-state index in [0.29, 0.717) is 54.2 Å². The van der Waals surface area contributed by atoms with Crippen LogP contribution in [0.3, 0.4) is 0 Å². The number of methoxy groups -OCH3 is 1. The Balaban J connectivity index is 1.60. The molecule has 1 heterocycles. The van der Waals surface area contributed by atoms with E-state index in [0.717, 1.165) is 5.56 Å². The summed E-state index contributed by atoms with van der Waals surface area (Å²) < 4.78 is 22.2. The van der Waals surface area contributed by atoms with Gasteiger partial charge in [0.25, 0.3) is 5.91 Å². The van der Waals surface area contributed by atoms with Gasteiger partial charge in [-0.1, -0.05) is 18.2 Å². The molecule has 1 aromatic heterocycles. The van der Waals surface area contributed by atoms with Crippen LogP contribution in [0, 0.1) is 0 Å². The number of nitrogens with one attached hydrogen (secondary N) is 1. The molecule has 31 heavy (non-hydrogen) atoms. The molecule has 0 saturated carbocycles. The van der Waals surface area contributed by atoms with E-state index in [1.54, 1.807) is 37.6 Å². The maximum absolute atomic E-state index is 12.5. The normalized spacial score (nSPS) is 10.3. The maximum Gasteiger partial charge on any atom is 0.251 e. The Hall–Kier alpha value is -3.74. The average molecular weight is 422 g/mol. The highest BCUT2D eigenvalue weighted by molar-refractivity contribution is 5.94. The minimum Gasteiger partial charge on any atom is -0.493 e. The van der Waals surface area contributed by atoms with Gasteiger partial charge in [-0.05, 0) is 49.7 Å². The Bertz CT molecular complexity index is 1010. The zero-order chi connectivity index (χ0) is 22.1. The number of carbonyl (C=O) groups excluding carboxylic acids is 1. The van der Waals surface area contributed by atoms with Gasteiger partial charge in [-0.25, -0.2) is 4.98 Å². The van der Waals surface area contributed by atoms with Gasteiger partial charge in [-0.15, -0.1) is 0 Å². The van der Waals surface area contributed by atoms with Gasteiger partial charge in [-0.2, -0.15) is 0 Å². The summed E-state index contributed by atoms with van der Waals surface area (Å²) in [6.07, 6.45) is 1.67. The van der Waals surface area contributed by atoms with Crippen molar-refractivity contribution in [3.8, 4) is 28.9 Å². The lowest BCUT2D eigenvalue weighted by Gasteiger charge is -2.12. The molecule has 0 unspecified atom stereocenters. The first-order valence-corrected chi connectivity index (χ1v) is 10.1. The predicted octanol–water partition coefficient (Wildman–Crippen LogP) is 4.61. The number of rotatable bonds is 10. The number of hydrogen-bond donors (Lipinski definition) is 1. The van der Waals surface area contributed by atoms with Gasteiger partial charge in [-0.3, -0.25) is 4.79 Å². The quantitative estimate of drug-likeness (QED) is 0.514. The molecule has 2 aromatic carbocycles. The van der Waals surface area contributed by atoms with Crippen molar-refractivity contribution in [2.24, 2.45) is 0 Å². The SMILES string of the molecule is CCOc1cc(C(=O)NCc2ccc(Oc3ccccc3OCC)nc2)ccc1OC. The molecule has 0 fully saturated rings. The molecule has 0 aliphatic rings. The van der Waals surface area contributed by atoms with Gasteiger partial charge in [0.2, 0.25) is 5.88 Å². The summed E-state index contributed by atoms with van der Waals surface area (Å²) >= 11 is 0. The van der Waals surface area contributed by atoms with E-state index in [1.165, 1.54) is 0 Å². The Morgan fingerprint density at radius 2 is 1.65 bits per heavy atom. The van der Waals surface area contributed by atoms with E-state index in [-0.39, 0.29) is 5.91 Å². The number of hydrogen-bond acceptors (Lipinski definition) is 6. The van der Waals surface area contributed by atoms with Crippen molar-refractivity contribution in [1.29, 1.82) is 0 Å². The lowest BCUT2D eigenvalue weighted by atomic mass is 10.2. The van der Waals surface area contributed by atoms with Gasteiger partial charge in [0, 0.05) is 24.4 Å². The first-order chi connectivity index (χ1) is 15.1. The van der Waals surface area contributed by atoms with Crippen LogP contribution in [-0.2, 0) is 6.54 Å². The molecular weight excluding hydrogens is 396 g/mol. The minimum absolute atomic E-state index is 0.213. The van der Waals surface area contributed by atoms with Gasteiger partial charge in [0.15, 0.2) is 23.0 Å². The van der Waals surface area contributed by atoms with Crippen molar-refractivity contribution in [3.05, 3.63) is 71.9 Å². The fourth-order valence-corrected chi connectivity index (χ4v) is 2.87. The molecule has 0 atom stereocenters. The average Bonchev–Trinajstić information content (AvgIpc) is 2.80. The van der Waals surface area contributed by atoms with Crippen molar-refractivity contribution in [3.63, 3.8) is 0 Å². The Morgan fingerprint density at radius 3 is 2.32 bits per heavy atom. The number of para-hydroxylation sites is 2. The van der Waals surface area contributed by atoms with Crippen molar-refractivity contribution >= 4 is 5.91 Å². The minimum atomic E-state index is -0.213. The molecule has 3 aromatic rings. The third-order valence-electron chi connectivity index (χ3n) is 4.34. The summed E-state index contributed by atoms with van der Waals surface area (Å²) in [6.45, 7) is 5.16. The molecule has 162 valence electrons. The van der Waals surface area contributed by atoms with Crippen molar-refractivity contribution in [2.45, 2.75) is 20.4 Å². The molecule has 0 aliphatic heterocycles. The molecule has 7 nitrogen and oxygen atoms in total. The van der Waals surface area contributed by atoms with Crippen LogP contribution in [0.25, 0.3) is 0 Å². The van der Waals surface area contributed by atoms with E-state index >= 15 is 0 Å². The van der Waals surface area contributed by atoms with Crippen LogP contribution in [0.5, 0.6) is 28.9 Å². The highest BCUT2D eigenvalue weighted by atomic mass is 16.5. The summed E-state index contributed by atoms with van der Waals surface area (Å²) in [6, 6.07) is 16.1. The third kappa shape index (κ3) is 5.88. The summed E-state index contributed by atoms with van der Waals surface area (Å²) in [5.41, 5.74) is 1.34. The Morgan fingerprint density at radius 1 is 0.903 bits per heavy atom. The van der Waals surface area contributed by atoms with Crippen LogP contribution < -0.4 is 24.3 Å². The second kappa shape index (κ2) is 10.9. The molecular formula is C24H26N2O5. The fourth-order valence-electron chi connectivity index (χ4n) is 2.87. The largest absolute Gasteiger partial charge is 0.493 e. The predicted molar refractivity (Wildman–Crippen MR) is 117 cm³/mol. The van der Waals surface area contributed by atoms with E-state index in [4.69, 9.17) is 18.9 Å². The number of benzene rings is 2. The van der Waals surface area contributed by atoms with Crippen LogP contribution in [-0.4, -0.2) is 31.2 Å². The topological polar surface area (TPSA) is 78.9 Å². The number of nitrogens with zero attached hydrogens (tertiary/aromatic N) is 1. The number of amides is 1. The summed E-state index contributed by atoms with van der Waals surface area (Å²) in [4.78, 5) is 16.8. The lowest BCUT2D eigenvalue weighted by molar-refractivity contribution is 0.0950. The van der Waals surface area contributed by atoms with Crippen molar-refractivity contribution in [2.75, 3.05) is 20.3 Å². The number of aromatic nitrogens is 1. The molecule has 1 amide bonds. The molecule has 7 heteroatoms. The Kier molecular flexibility index (Phi) is 7.70. The van der Waals surface area contributed by atoms with Crippen LogP contribution in [0.2, 0.25) is 0 Å². The molecule has 0 bridgehead atoms. The van der Waals surface area contributed by atoms with Crippen LogP contribution in [0.1, 0.15) is 29.8 Å². The number of carbonyl (C=O) groups is 1. The summed E-state index contributed by atoms with van der Waals surface area (Å²) in [7, 11) is 1.56. The molecule has 1 N–H and O–H groups in total. The molecule has 0 radical (unpaired) electrons. The van der Waals surface area contributed by atoms with E-state index in [1.807, 2.05) is 44.2 Å². The van der Waals surface area contributed by atoms with Crippen molar-refractivity contribution in [1.82, 2.24) is 10.3 Å². The maximum atomic E-state index is 12.5. The van der Waals surface area contributed by atoms with Gasteiger partial charge >= 0.3 is 0 Å². The van der Waals surface area contributed by atoms with Gasteiger partial charge in [0.05, 0.1) is 20.3 Å². The van der Waals surface area contributed by atoms with Crippen LogP contribution in [0.15, 0.2) is 60.8 Å². The molecule has 3 rings (SSSR count). The van der Waals surface area contributed by atoms with Crippen molar-refractivity contribution < 1.29 is 23.7 Å². The standard InChI is InChI=1S/C24H26N2O5/c1-4-29-20-8-6-7-9-21(20)31-23-13-10-17(15-25-23)16-26-24(27)18-11-12-19(28-3)22(14-18)30-5-2/h6-15H,4-5,16H2,1-3H3,(H,26,27). The van der Waals surface area contributed by atoms with Gasteiger partial charge in [0.1, 0.15) is 0 Å². The third-order valence-corrected chi connectivity index (χ3v) is 4.34. The zero-order valence-corrected chi connectivity index (χ0v) is 17.9. The Labute approximate surface area is 181 Å². The van der Waals surface area contributed by atoms with Crippen LogP contribution >= 0.6 is 0 Å².